The molecule has 0 bridgehead atoms. The Morgan fingerprint density at radius 2 is 2.08 bits per heavy atom. The van der Waals surface area contributed by atoms with Crippen LogP contribution in [-0.4, -0.2) is 12.3 Å². The zero-order valence-electron chi connectivity index (χ0n) is 7.37. The highest BCUT2D eigenvalue weighted by Gasteiger charge is 1.99. The SMILES string of the molecule is C[B]c1cc2ccccc2[nH]c1=O. The number of para-hydroxylation sites is 1. The molecule has 2 nitrogen and oxygen atoms in total. The summed E-state index contributed by atoms with van der Waals surface area (Å²) in [6, 6.07) is 9.65. The standard InChI is InChI=1S/C10H9BNO/c1-11-8-6-7-4-2-3-5-9(7)12-10(8)13/h2-6H,1H3,(H,12,13). The third-order valence-corrected chi connectivity index (χ3v) is 2.09. The summed E-state index contributed by atoms with van der Waals surface area (Å²) in [5, 5.41) is 1.07. The minimum absolute atomic E-state index is 0.0267. The van der Waals surface area contributed by atoms with Crippen LogP contribution in [-0.2, 0) is 0 Å². The highest BCUT2D eigenvalue weighted by atomic mass is 16.1. The molecule has 1 aromatic carbocycles. The molecule has 0 fully saturated rings. The molecule has 63 valence electrons. The average molecular weight is 170 g/mol. The lowest BCUT2D eigenvalue weighted by Gasteiger charge is -1.99. The number of benzene rings is 1. The summed E-state index contributed by atoms with van der Waals surface area (Å²) in [6.45, 7) is 1.86. The predicted octanol–water partition coefficient (Wildman–Crippen LogP) is 0.906. The van der Waals surface area contributed by atoms with Gasteiger partial charge in [0.25, 0.3) is 0 Å². The zero-order chi connectivity index (χ0) is 9.26. The highest BCUT2D eigenvalue weighted by Crippen LogP contribution is 2.05. The first kappa shape index (κ1) is 8.11. The molecule has 0 aliphatic carbocycles. The van der Waals surface area contributed by atoms with Gasteiger partial charge in [0.05, 0.1) is 0 Å². The Balaban J connectivity index is 2.81. The van der Waals surface area contributed by atoms with E-state index < -0.39 is 0 Å². The van der Waals surface area contributed by atoms with Crippen molar-refractivity contribution < 1.29 is 0 Å². The van der Waals surface area contributed by atoms with Crippen molar-refractivity contribution in [3.63, 3.8) is 0 Å². The molecule has 0 aliphatic rings. The van der Waals surface area contributed by atoms with Crippen LogP contribution in [0.3, 0.4) is 0 Å². The summed E-state index contributed by atoms with van der Waals surface area (Å²) < 4.78 is 0. The van der Waals surface area contributed by atoms with Crippen LogP contribution in [0.4, 0.5) is 0 Å². The van der Waals surface area contributed by atoms with Crippen molar-refractivity contribution in [3.8, 4) is 0 Å². The summed E-state index contributed by atoms with van der Waals surface area (Å²) in [5.74, 6) is 0. The Morgan fingerprint density at radius 3 is 2.85 bits per heavy atom. The van der Waals surface area contributed by atoms with E-state index in [0.29, 0.717) is 0 Å². The minimum atomic E-state index is -0.0267. The molecule has 0 amide bonds. The average Bonchev–Trinajstić information content (AvgIpc) is 2.17. The molecule has 0 unspecified atom stereocenters. The fourth-order valence-electron chi connectivity index (χ4n) is 1.38. The van der Waals surface area contributed by atoms with E-state index in [4.69, 9.17) is 0 Å². The summed E-state index contributed by atoms with van der Waals surface area (Å²) in [6.07, 6.45) is 0. The number of hydrogen-bond acceptors (Lipinski definition) is 1. The number of pyridine rings is 1. The summed E-state index contributed by atoms with van der Waals surface area (Å²) in [4.78, 5) is 14.2. The molecule has 2 rings (SSSR count). The summed E-state index contributed by atoms with van der Waals surface area (Å²) in [7, 11) is 1.81. The largest absolute Gasteiger partial charge is 0.322 e. The van der Waals surface area contributed by atoms with Crippen LogP contribution < -0.4 is 11.0 Å². The predicted molar refractivity (Wildman–Crippen MR) is 55.8 cm³/mol. The minimum Gasteiger partial charge on any atom is -0.322 e. The number of rotatable bonds is 1. The van der Waals surface area contributed by atoms with Crippen molar-refractivity contribution in [1.29, 1.82) is 0 Å². The smallest absolute Gasteiger partial charge is 0.242 e. The van der Waals surface area contributed by atoms with E-state index in [1.165, 1.54) is 0 Å². The Bertz CT molecular complexity index is 489. The highest BCUT2D eigenvalue weighted by molar-refractivity contribution is 6.52. The summed E-state index contributed by atoms with van der Waals surface area (Å²) in [5.41, 5.74) is 1.58. The van der Waals surface area contributed by atoms with Crippen molar-refractivity contribution in [1.82, 2.24) is 4.98 Å². The van der Waals surface area contributed by atoms with Crippen molar-refractivity contribution >= 4 is 23.6 Å². The maximum Gasteiger partial charge on any atom is 0.242 e. The van der Waals surface area contributed by atoms with E-state index in [2.05, 4.69) is 4.98 Å². The number of aromatic amines is 1. The van der Waals surface area contributed by atoms with E-state index in [9.17, 15) is 4.79 Å². The molecule has 0 saturated carbocycles. The van der Waals surface area contributed by atoms with Gasteiger partial charge in [-0.25, -0.2) is 0 Å². The van der Waals surface area contributed by atoms with E-state index in [0.717, 1.165) is 16.4 Å². The Hall–Kier alpha value is -1.51. The lowest BCUT2D eigenvalue weighted by atomic mass is 9.74. The molecule has 0 saturated heterocycles. The molecular formula is C10H9BNO. The normalized spacial score (nSPS) is 10.2. The Kier molecular flexibility index (Phi) is 1.93. The zero-order valence-corrected chi connectivity index (χ0v) is 7.37. The number of nitrogens with one attached hydrogen (secondary N) is 1. The van der Waals surface area contributed by atoms with Gasteiger partial charge >= 0.3 is 0 Å². The molecule has 13 heavy (non-hydrogen) atoms. The van der Waals surface area contributed by atoms with Gasteiger partial charge in [0.2, 0.25) is 5.56 Å². The molecule has 2 aromatic rings. The van der Waals surface area contributed by atoms with Crippen molar-refractivity contribution in [2.24, 2.45) is 0 Å². The van der Waals surface area contributed by atoms with Crippen LogP contribution in [0.1, 0.15) is 0 Å². The van der Waals surface area contributed by atoms with Gasteiger partial charge in [-0.05, 0) is 16.9 Å². The number of fused-ring (bicyclic) bond motifs is 1. The van der Waals surface area contributed by atoms with E-state index >= 15 is 0 Å². The second-order valence-corrected chi connectivity index (χ2v) is 2.93. The van der Waals surface area contributed by atoms with E-state index in [-0.39, 0.29) is 5.56 Å². The van der Waals surface area contributed by atoms with Crippen molar-refractivity contribution in [2.75, 3.05) is 0 Å². The molecule has 0 aliphatic heterocycles. The third kappa shape index (κ3) is 1.37. The van der Waals surface area contributed by atoms with E-state index in [1.807, 2.05) is 44.4 Å². The van der Waals surface area contributed by atoms with Crippen molar-refractivity contribution in [3.05, 3.63) is 40.7 Å². The third-order valence-electron chi connectivity index (χ3n) is 2.09. The second kappa shape index (κ2) is 3.09. The molecule has 1 N–H and O–H groups in total. The molecular weight excluding hydrogens is 161 g/mol. The van der Waals surface area contributed by atoms with Gasteiger partial charge in [-0.1, -0.05) is 31.1 Å². The second-order valence-electron chi connectivity index (χ2n) is 2.93. The van der Waals surface area contributed by atoms with Gasteiger partial charge in [0.1, 0.15) is 0 Å². The lowest BCUT2D eigenvalue weighted by molar-refractivity contribution is 1.33. The van der Waals surface area contributed by atoms with Crippen molar-refractivity contribution in [2.45, 2.75) is 6.82 Å². The van der Waals surface area contributed by atoms with Crippen LogP contribution in [0.2, 0.25) is 6.82 Å². The number of H-pyrrole nitrogens is 1. The van der Waals surface area contributed by atoms with Gasteiger partial charge in [0, 0.05) is 5.52 Å². The molecule has 1 aromatic heterocycles. The maximum absolute atomic E-state index is 11.4. The van der Waals surface area contributed by atoms with E-state index in [1.54, 1.807) is 0 Å². The van der Waals surface area contributed by atoms with Crippen LogP contribution in [0.25, 0.3) is 10.9 Å². The van der Waals surface area contributed by atoms with Crippen LogP contribution >= 0.6 is 0 Å². The maximum atomic E-state index is 11.4. The summed E-state index contributed by atoms with van der Waals surface area (Å²) >= 11 is 0. The van der Waals surface area contributed by atoms with Gasteiger partial charge in [-0.15, -0.1) is 0 Å². The van der Waals surface area contributed by atoms with Crippen LogP contribution in [0, 0.1) is 0 Å². The van der Waals surface area contributed by atoms with Gasteiger partial charge in [-0.2, -0.15) is 0 Å². The molecule has 0 atom stereocenters. The van der Waals surface area contributed by atoms with Crippen LogP contribution in [0.5, 0.6) is 0 Å². The lowest BCUT2D eigenvalue weighted by Crippen LogP contribution is -2.31. The molecule has 0 spiro atoms. The van der Waals surface area contributed by atoms with Gasteiger partial charge < -0.3 is 4.98 Å². The quantitative estimate of drug-likeness (QED) is 0.633. The monoisotopic (exact) mass is 170 g/mol. The van der Waals surface area contributed by atoms with Gasteiger partial charge in [-0.3, -0.25) is 4.79 Å². The van der Waals surface area contributed by atoms with Crippen LogP contribution in [0.15, 0.2) is 35.1 Å². The van der Waals surface area contributed by atoms with Gasteiger partial charge in [0.15, 0.2) is 7.28 Å². The topological polar surface area (TPSA) is 32.9 Å². The first-order chi connectivity index (χ1) is 6.31. The Labute approximate surface area is 76.8 Å². The first-order valence-corrected chi connectivity index (χ1v) is 4.22. The number of hydrogen-bond donors (Lipinski definition) is 1. The molecule has 3 heteroatoms. The number of aromatic nitrogens is 1. The Morgan fingerprint density at radius 1 is 1.31 bits per heavy atom. The first-order valence-electron chi connectivity index (χ1n) is 4.22. The fourth-order valence-corrected chi connectivity index (χ4v) is 1.38. The molecule has 1 heterocycles. The molecule has 1 radical (unpaired) electrons. The fraction of sp³-hybridized carbons (Fsp3) is 0.100.